The number of ether oxygens (including phenoxy) is 1. The molecule has 0 aliphatic rings. The molecule has 0 saturated heterocycles. The van der Waals surface area contributed by atoms with Crippen molar-refractivity contribution < 1.29 is 26.4 Å². The molecule has 0 unspecified atom stereocenters. The van der Waals surface area contributed by atoms with Crippen LogP contribution in [0, 0.1) is 0 Å². The smallest absolute Gasteiger partial charge is 0.245 e. The van der Waals surface area contributed by atoms with Crippen LogP contribution < -0.4 is 19.1 Å². The third-order valence-corrected chi connectivity index (χ3v) is 7.63. The summed E-state index contributed by atoms with van der Waals surface area (Å²) in [4.78, 5) is 12.6. The Labute approximate surface area is 197 Å². The SMILES string of the molecule is COc1ccc(S(=O)(=O)NC(C)C)cc1NC(=O)CN(c1cccc(Cl)c1Cl)S(C)(=O)=O. The Balaban J connectivity index is 2.38. The van der Waals surface area contributed by atoms with Crippen molar-refractivity contribution in [3.63, 3.8) is 0 Å². The molecule has 0 aliphatic carbocycles. The second kappa shape index (κ2) is 10.3. The highest BCUT2D eigenvalue weighted by Gasteiger charge is 2.25. The van der Waals surface area contributed by atoms with Crippen LogP contribution in [0.15, 0.2) is 41.3 Å². The summed E-state index contributed by atoms with van der Waals surface area (Å²) in [5.41, 5.74) is 0.0796. The van der Waals surface area contributed by atoms with Crippen LogP contribution in [0.25, 0.3) is 0 Å². The van der Waals surface area contributed by atoms with Gasteiger partial charge in [-0.05, 0) is 44.2 Å². The molecule has 0 aromatic heterocycles. The Hall–Kier alpha value is -2.05. The number of halogens is 2. The van der Waals surface area contributed by atoms with Gasteiger partial charge in [0.25, 0.3) is 0 Å². The number of rotatable bonds is 9. The predicted octanol–water partition coefficient (Wildman–Crippen LogP) is 3.09. The van der Waals surface area contributed by atoms with Crippen LogP contribution >= 0.6 is 23.2 Å². The summed E-state index contributed by atoms with van der Waals surface area (Å²) in [5, 5.41) is 2.59. The molecular weight excluding hydrogens is 501 g/mol. The van der Waals surface area contributed by atoms with Gasteiger partial charge >= 0.3 is 0 Å². The highest BCUT2D eigenvalue weighted by molar-refractivity contribution is 7.92. The summed E-state index contributed by atoms with van der Waals surface area (Å²) >= 11 is 12.1. The van der Waals surface area contributed by atoms with E-state index in [-0.39, 0.29) is 38.1 Å². The zero-order chi connectivity index (χ0) is 24.3. The van der Waals surface area contributed by atoms with Crippen LogP contribution in [0.4, 0.5) is 11.4 Å². The molecular formula is C19H23Cl2N3O6S2. The molecule has 32 heavy (non-hydrogen) atoms. The molecule has 0 bridgehead atoms. The third-order valence-electron chi connectivity index (χ3n) is 4.03. The normalized spacial score (nSPS) is 12.0. The van der Waals surface area contributed by atoms with Crippen LogP contribution in [0.2, 0.25) is 10.0 Å². The number of anilines is 2. The lowest BCUT2D eigenvalue weighted by Gasteiger charge is -2.23. The number of carbonyl (C=O) groups is 1. The van der Waals surface area contributed by atoms with Crippen molar-refractivity contribution in [1.29, 1.82) is 0 Å². The monoisotopic (exact) mass is 523 g/mol. The standard InChI is InChI=1S/C19H23Cl2N3O6S2/c1-12(2)23-32(28,29)13-8-9-17(30-3)15(10-13)22-18(25)11-24(31(4,26)27)16-7-5-6-14(20)19(16)21/h5-10,12,23H,11H2,1-4H3,(H,22,25). The zero-order valence-corrected chi connectivity index (χ0v) is 20.9. The van der Waals surface area contributed by atoms with Crippen molar-refractivity contribution in [2.24, 2.45) is 0 Å². The number of benzene rings is 2. The van der Waals surface area contributed by atoms with Gasteiger partial charge in [-0.3, -0.25) is 9.10 Å². The molecule has 0 atom stereocenters. The van der Waals surface area contributed by atoms with Crippen LogP contribution in [-0.2, 0) is 24.8 Å². The molecule has 2 rings (SSSR count). The fourth-order valence-electron chi connectivity index (χ4n) is 2.72. The minimum atomic E-state index is -3.91. The second-order valence-corrected chi connectivity index (χ2v) is 11.4. The second-order valence-electron chi connectivity index (χ2n) is 7.03. The van der Waals surface area contributed by atoms with E-state index in [9.17, 15) is 21.6 Å². The van der Waals surface area contributed by atoms with Crippen LogP contribution in [0.1, 0.15) is 13.8 Å². The number of carbonyl (C=O) groups excluding carboxylic acids is 1. The van der Waals surface area contributed by atoms with Gasteiger partial charge in [0.1, 0.15) is 12.3 Å². The number of hydrogen-bond donors (Lipinski definition) is 2. The Morgan fingerprint density at radius 2 is 1.78 bits per heavy atom. The first-order chi connectivity index (χ1) is 14.8. The Morgan fingerprint density at radius 1 is 1.12 bits per heavy atom. The maximum absolute atomic E-state index is 12.7. The minimum Gasteiger partial charge on any atom is -0.495 e. The van der Waals surface area contributed by atoms with Gasteiger partial charge < -0.3 is 10.1 Å². The van der Waals surface area contributed by atoms with Crippen molar-refractivity contribution in [2.75, 3.05) is 29.5 Å². The molecule has 2 N–H and O–H groups in total. The van der Waals surface area contributed by atoms with Crippen molar-refractivity contribution in [3.8, 4) is 5.75 Å². The topological polar surface area (TPSA) is 122 Å². The van der Waals surface area contributed by atoms with Crippen LogP contribution in [0.5, 0.6) is 5.75 Å². The zero-order valence-electron chi connectivity index (χ0n) is 17.7. The molecule has 0 spiro atoms. The van der Waals surface area contributed by atoms with Gasteiger partial charge in [0.2, 0.25) is 26.0 Å². The Bertz CT molecular complexity index is 1220. The van der Waals surface area contributed by atoms with Crippen molar-refractivity contribution in [2.45, 2.75) is 24.8 Å². The highest BCUT2D eigenvalue weighted by Crippen LogP contribution is 2.34. The molecule has 1 amide bonds. The summed E-state index contributed by atoms with van der Waals surface area (Å²) in [5.74, 6) is -0.565. The molecule has 2 aromatic rings. The molecule has 0 aliphatic heterocycles. The average molecular weight is 524 g/mol. The minimum absolute atomic E-state index is 0.0289. The number of nitrogens with zero attached hydrogens (tertiary/aromatic N) is 1. The van der Waals surface area contributed by atoms with Crippen LogP contribution in [0.3, 0.4) is 0 Å². The molecule has 176 valence electrons. The van der Waals surface area contributed by atoms with Crippen LogP contribution in [-0.4, -0.2) is 48.7 Å². The van der Waals surface area contributed by atoms with E-state index >= 15 is 0 Å². The van der Waals surface area contributed by atoms with Crippen molar-refractivity contribution in [3.05, 3.63) is 46.4 Å². The molecule has 2 aromatic carbocycles. The summed E-state index contributed by atoms with van der Waals surface area (Å²) in [6.07, 6.45) is 0.920. The molecule has 13 heteroatoms. The number of hydrogen-bond acceptors (Lipinski definition) is 6. The maximum Gasteiger partial charge on any atom is 0.245 e. The van der Waals surface area contributed by atoms with E-state index in [0.29, 0.717) is 0 Å². The van der Waals surface area contributed by atoms with Crippen molar-refractivity contribution in [1.82, 2.24) is 4.72 Å². The molecule has 0 fully saturated rings. The average Bonchev–Trinajstić information content (AvgIpc) is 2.66. The maximum atomic E-state index is 12.7. The lowest BCUT2D eigenvalue weighted by molar-refractivity contribution is -0.114. The van der Waals surface area contributed by atoms with E-state index in [1.165, 1.54) is 43.5 Å². The van der Waals surface area contributed by atoms with Crippen molar-refractivity contribution >= 4 is 60.5 Å². The molecule has 0 heterocycles. The van der Waals surface area contributed by atoms with E-state index in [1.54, 1.807) is 13.8 Å². The third kappa shape index (κ3) is 6.48. The van der Waals surface area contributed by atoms with Gasteiger partial charge in [-0.15, -0.1) is 0 Å². The summed E-state index contributed by atoms with van der Waals surface area (Å²) in [7, 11) is -6.40. The number of methoxy groups -OCH3 is 1. The molecule has 9 nitrogen and oxygen atoms in total. The van der Waals surface area contributed by atoms with E-state index < -0.39 is 32.5 Å². The lowest BCUT2D eigenvalue weighted by Crippen LogP contribution is -2.37. The molecule has 0 radical (unpaired) electrons. The molecule has 0 saturated carbocycles. The quantitative estimate of drug-likeness (QED) is 0.520. The Kier molecular flexibility index (Phi) is 8.40. The van der Waals surface area contributed by atoms with Gasteiger partial charge in [-0.1, -0.05) is 29.3 Å². The fourth-order valence-corrected chi connectivity index (χ4v) is 5.30. The van der Waals surface area contributed by atoms with E-state index in [1.807, 2.05) is 0 Å². The fraction of sp³-hybridized carbons (Fsp3) is 0.316. The van der Waals surface area contributed by atoms with Gasteiger partial charge in [0.15, 0.2) is 0 Å². The lowest BCUT2D eigenvalue weighted by atomic mass is 10.3. The Morgan fingerprint density at radius 3 is 2.34 bits per heavy atom. The predicted molar refractivity (Wildman–Crippen MR) is 126 cm³/mol. The van der Waals surface area contributed by atoms with E-state index in [2.05, 4.69) is 10.0 Å². The summed E-state index contributed by atoms with van der Waals surface area (Å²) < 4.78 is 58.0. The number of amides is 1. The van der Waals surface area contributed by atoms with Gasteiger partial charge in [-0.2, -0.15) is 0 Å². The summed E-state index contributed by atoms with van der Waals surface area (Å²) in [6, 6.07) is 7.98. The summed E-state index contributed by atoms with van der Waals surface area (Å²) in [6.45, 7) is 2.71. The van der Waals surface area contributed by atoms with E-state index in [0.717, 1.165) is 10.6 Å². The first kappa shape index (κ1) is 26.2. The largest absolute Gasteiger partial charge is 0.495 e. The van der Waals surface area contributed by atoms with Gasteiger partial charge in [0.05, 0.1) is 39.7 Å². The van der Waals surface area contributed by atoms with Gasteiger partial charge in [0, 0.05) is 6.04 Å². The first-order valence-corrected chi connectivity index (χ1v) is 13.3. The number of nitrogens with one attached hydrogen (secondary N) is 2. The first-order valence-electron chi connectivity index (χ1n) is 9.18. The van der Waals surface area contributed by atoms with Gasteiger partial charge in [-0.25, -0.2) is 21.6 Å². The number of sulfonamides is 2. The van der Waals surface area contributed by atoms with E-state index in [4.69, 9.17) is 27.9 Å². The highest BCUT2D eigenvalue weighted by atomic mass is 35.5.